The van der Waals surface area contributed by atoms with Crippen molar-refractivity contribution in [3.05, 3.63) is 71.1 Å². The van der Waals surface area contributed by atoms with Crippen LogP contribution in [0.5, 0.6) is 0 Å². The Balaban J connectivity index is 1.69. The van der Waals surface area contributed by atoms with Crippen molar-refractivity contribution in [3.8, 4) is 11.5 Å². The number of nitrogens with zero attached hydrogens (tertiary/aromatic N) is 1. The van der Waals surface area contributed by atoms with E-state index in [1.165, 1.54) is 18.2 Å². The van der Waals surface area contributed by atoms with Gasteiger partial charge in [0.05, 0.1) is 17.8 Å². The van der Waals surface area contributed by atoms with Gasteiger partial charge in [0.1, 0.15) is 11.5 Å². The summed E-state index contributed by atoms with van der Waals surface area (Å²) in [5.74, 6) is 0.949. The second-order valence-corrected chi connectivity index (χ2v) is 6.19. The van der Waals surface area contributed by atoms with Crippen LogP contribution in [0.4, 0.5) is 23.7 Å². The molecular weight excluding hydrogens is 371 g/mol. The molecule has 146 valence electrons. The third-order valence-corrected chi connectivity index (χ3v) is 4.17. The van der Waals surface area contributed by atoms with Crippen LogP contribution < -0.4 is 10.6 Å². The Bertz CT molecular complexity index is 996. The van der Waals surface area contributed by atoms with Gasteiger partial charge in [-0.3, -0.25) is 0 Å². The third kappa shape index (κ3) is 4.33. The molecule has 0 bridgehead atoms. The molecule has 5 nitrogen and oxygen atoms in total. The van der Waals surface area contributed by atoms with Gasteiger partial charge in [-0.15, -0.1) is 0 Å². The normalized spacial score (nSPS) is 11.3. The van der Waals surface area contributed by atoms with Gasteiger partial charge in [0.15, 0.2) is 0 Å². The summed E-state index contributed by atoms with van der Waals surface area (Å²) in [5.41, 5.74) is 1.09. The molecule has 0 aliphatic heterocycles. The molecule has 8 heteroatoms. The van der Waals surface area contributed by atoms with Crippen molar-refractivity contribution in [2.75, 3.05) is 5.32 Å². The molecule has 0 saturated carbocycles. The molecule has 3 rings (SSSR count). The van der Waals surface area contributed by atoms with Crippen LogP contribution in [0.3, 0.4) is 0 Å². The predicted molar refractivity (Wildman–Crippen MR) is 98.7 cm³/mol. The lowest BCUT2D eigenvalue weighted by Gasteiger charge is -2.13. The predicted octanol–water partition coefficient (Wildman–Crippen LogP) is 5.30. The maximum Gasteiger partial charge on any atom is 0.418 e. The van der Waals surface area contributed by atoms with Crippen molar-refractivity contribution < 1.29 is 22.4 Å². The van der Waals surface area contributed by atoms with E-state index in [-0.39, 0.29) is 12.2 Å². The third-order valence-electron chi connectivity index (χ3n) is 4.17. The van der Waals surface area contributed by atoms with Crippen molar-refractivity contribution >= 4 is 11.7 Å². The quantitative estimate of drug-likeness (QED) is 0.636. The Morgan fingerprint density at radius 2 is 1.75 bits per heavy atom. The fourth-order valence-electron chi connectivity index (χ4n) is 2.69. The Hall–Kier alpha value is -3.29. The fraction of sp³-hybridized carbons (Fsp3) is 0.200. The Morgan fingerprint density at radius 1 is 1.07 bits per heavy atom. The van der Waals surface area contributed by atoms with E-state index < -0.39 is 17.8 Å². The van der Waals surface area contributed by atoms with Crippen LogP contribution in [0.25, 0.3) is 11.5 Å². The first-order valence-electron chi connectivity index (χ1n) is 8.49. The number of alkyl halides is 3. The highest BCUT2D eigenvalue weighted by molar-refractivity contribution is 5.90. The minimum Gasteiger partial charge on any atom is -0.441 e. The van der Waals surface area contributed by atoms with Crippen LogP contribution in [-0.4, -0.2) is 11.0 Å². The zero-order valence-electron chi connectivity index (χ0n) is 15.2. The second-order valence-electron chi connectivity index (χ2n) is 6.19. The monoisotopic (exact) mass is 389 g/mol. The molecule has 0 unspecified atom stereocenters. The standard InChI is InChI=1S/C20H18F3N3O2/c1-12-7-3-4-8-14(12)18-25-17(13(2)28-18)11-24-19(27)26-16-10-6-5-9-15(16)20(21,22)23/h3-10H,11H2,1-2H3,(H2,24,26,27). The highest BCUT2D eigenvalue weighted by Crippen LogP contribution is 2.34. The van der Waals surface area contributed by atoms with Gasteiger partial charge in [0.2, 0.25) is 5.89 Å². The number of hydrogen-bond acceptors (Lipinski definition) is 3. The summed E-state index contributed by atoms with van der Waals surface area (Å²) in [6, 6.07) is 11.6. The summed E-state index contributed by atoms with van der Waals surface area (Å²) < 4.78 is 44.7. The maximum atomic E-state index is 13.0. The van der Waals surface area contributed by atoms with Gasteiger partial charge in [0.25, 0.3) is 0 Å². The zero-order chi connectivity index (χ0) is 20.3. The molecule has 0 atom stereocenters. The first kappa shape index (κ1) is 19.5. The number of carbonyl (C=O) groups is 1. The zero-order valence-corrected chi connectivity index (χ0v) is 15.2. The van der Waals surface area contributed by atoms with Gasteiger partial charge in [-0.2, -0.15) is 13.2 Å². The highest BCUT2D eigenvalue weighted by Gasteiger charge is 2.33. The first-order valence-corrected chi connectivity index (χ1v) is 8.49. The lowest BCUT2D eigenvalue weighted by molar-refractivity contribution is -0.136. The number of para-hydroxylation sites is 1. The van der Waals surface area contributed by atoms with Crippen LogP contribution in [-0.2, 0) is 12.7 Å². The number of rotatable bonds is 4. The number of hydrogen-bond donors (Lipinski definition) is 2. The number of urea groups is 1. The van der Waals surface area contributed by atoms with Gasteiger partial charge in [-0.25, -0.2) is 9.78 Å². The summed E-state index contributed by atoms with van der Waals surface area (Å²) >= 11 is 0. The number of oxazole rings is 1. The van der Waals surface area contributed by atoms with E-state index in [1.54, 1.807) is 6.92 Å². The molecule has 0 aliphatic carbocycles. The smallest absolute Gasteiger partial charge is 0.418 e. The van der Waals surface area contributed by atoms with E-state index in [1.807, 2.05) is 31.2 Å². The van der Waals surface area contributed by atoms with Crippen LogP contribution in [0.1, 0.15) is 22.6 Å². The van der Waals surface area contributed by atoms with E-state index in [0.717, 1.165) is 17.2 Å². The number of amides is 2. The average Bonchev–Trinajstić information content (AvgIpc) is 3.00. The van der Waals surface area contributed by atoms with Crippen molar-refractivity contribution in [1.82, 2.24) is 10.3 Å². The van der Waals surface area contributed by atoms with Gasteiger partial charge in [-0.05, 0) is 37.6 Å². The lowest BCUT2D eigenvalue weighted by atomic mass is 10.1. The number of benzene rings is 2. The molecule has 1 heterocycles. The summed E-state index contributed by atoms with van der Waals surface area (Å²) in [6.07, 6.45) is -4.56. The molecule has 2 amide bonds. The number of aryl methyl sites for hydroxylation is 2. The van der Waals surface area contributed by atoms with Gasteiger partial charge >= 0.3 is 12.2 Å². The van der Waals surface area contributed by atoms with E-state index in [0.29, 0.717) is 17.3 Å². The highest BCUT2D eigenvalue weighted by atomic mass is 19.4. The van der Waals surface area contributed by atoms with Crippen molar-refractivity contribution in [2.24, 2.45) is 0 Å². The molecular formula is C20H18F3N3O2. The molecule has 0 spiro atoms. The number of halogens is 3. The topological polar surface area (TPSA) is 67.2 Å². The van der Waals surface area contributed by atoms with E-state index in [2.05, 4.69) is 15.6 Å². The minimum atomic E-state index is -4.56. The number of carbonyl (C=O) groups excluding carboxylic acids is 1. The molecule has 0 saturated heterocycles. The Labute approximate surface area is 159 Å². The maximum absolute atomic E-state index is 13.0. The Morgan fingerprint density at radius 3 is 2.46 bits per heavy atom. The average molecular weight is 389 g/mol. The summed E-state index contributed by atoms with van der Waals surface area (Å²) in [5, 5.41) is 4.73. The van der Waals surface area contributed by atoms with Crippen LogP contribution in [0.2, 0.25) is 0 Å². The van der Waals surface area contributed by atoms with Crippen molar-refractivity contribution in [1.29, 1.82) is 0 Å². The van der Waals surface area contributed by atoms with Crippen LogP contribution in [0, 0.1) is 13.8 Å². The molecule has 0 fully saturated rings. The largest absolute Gasteiger partial charge is 0.441 e. The van der Waals surface area contributed by atoms with Gasteiger partial charge in [-0.1, -0.05) is 30.3 Å². The summed E-state index contributed by atoms with van der Waals surface area (Å²) in [7, 11) is 0. The first-order chi connectivity index (χ1) is 13.3. The fourth-order valence-corrected chi connectivity index (χ4v) is 2.69. The second kappa shape index (κ2) is 7.75. The van der Waals surface area contributed by atoms with Crippen LogP contribution >= 0.6 is 0 Å². The lowest BCUT2D eigenvalue weighted by Crippen LogP contribution is -2.29. The molecule has 1 aromatic heterocycles. The molecule has 28 heavy (non-hydrogen) atoms. The van der Waals surface area contributed by atoms with E-state index in [9.17, 15) is 18.0 Å². The molecule has 3 aromatic rings. The number of nitrogens with one attached hydrogen (secondary N) is 2. The molecule has 0 radical (unpaired) electrons. The molecule has 2 N–H and O–H groups in total. The van der Waals surface area contributed by atoms with E-state index >= 15 is 0 Å². The van der Waals surface area contributed by atoms with E-state index in [4.69, 9.17) is 4.42 Å². The van der Waals surface area contributed by atoms with Gasteiger partial charge < -0.3 is 15.1 Å². The van der Waals surface area contributed by atoms with Crippen molar-refractivity contribution in [2.45, 2.75) is 26.6 Å². The van der Waals surface area contributed by atoms with Crippen molar-refractivity contribution in [3.63, 3.8) is 0 Å². The number of aromatic nitrogens is 1. The molecule has 2 aromatic carbocycles. The summed E-state index contributed by atoms with van der Waals surface area (Å²) in [6.45, 7) is 3.65. The summed E-state index contributed by atoms with van der Waals surface area (Å²) in [4.78, 5) is 16.4. The Kier molecular flexibility index (Phi) is 5.39. The SMILES string of the molecule is Cc1ccccc1-c1nc(CNC(=O)Nc2ccccc2C(F)(F)F)c(C)o1. The van der Waals surface area contributed by atoms with Crippen LogP contribution in [0.15, 0.2) is 52.9 Å². The number of anilines is 1. The minimum absolute atomic E-state index is 0.0151. The molecule has 0 aliphatic rings. The van der Waals surface area contributed by atoms with Gasteiger partial charge in [0, 0.05) is 5.56 Å².